The van der Waals surface area contributed by atoms with Crippen molar-refractivity contribution in [3.05, 3.63) is 59.9 Å². The second-order valence-electron chi connectivity index (χ2n) is 4.06. The summed E-state index contributed by atoms with van der Waals surface area (Å²) in [6.07, 6.45) is 8.35. The molecule has 0 aliphatic rings. The Bertz CT molecular complexity index is 493. The summed E-state index contributed by atoms with van der Waals surface area (Å²) in [7, 11) is 1.94. The molecule has 1 rings (SSSR count). The third-order valence-electron chi connectivity index (χ3n) is 2.69. The molecule has 1 aromatic carbocycles. The SMILES string of the molecule is C=C/C=C(/CC)c1cc(Cl)cc(N(N)/C=C\[NH2+]C)c1.CC. The predicted molar refractivity (Wildman–Crippen MR) is 94.9 cm³/mol. The van der Waals surface area contributed by atoms with Crippen LogP contribution in [0.3, 0.4) is 0 Å². The van der Waals surface area contributed by atoms with E-state index in [0.717, 1.165) is 17.7 Å². The van der Waals surface area contributed by atoms with Gasteiger partial charge in [0.05, 0.1) is 18.9 Å². The first-order chi connectivity index (χ1) is 10.1. The van der Waals surface area contributed by atoms with Crippen molar-refractivity contribution >= 4 is 22.9 Å². The van der Waals surface area contributed by atoms with E-state index in [4.69, 9.17) is 17.4 Å². The fraction of sp³-hybridized carbons (Fsp3) is 0.294. The first kappa shape index (κ1) is 19.4. The van der Waals surface area contributed by atoms with E-state index < -0.39 is 0 Å². The summed E-state index contributed by atoms with van der Waals surface area (Å²) in [4.78, 5) is 0. The number of hydrazine groups is 1. The summed E-state index contributed by atoms with van der Waals surface area (Å²) in [6, 6.07) is 5.80. The van der Waals surface area contributed by atoms with E-state index in [1.807, 2.05) is 56.7 Å². The number of halogens is 1. The normalized spacial score (nSPS) is 11.0. The molecule has 4 N–H and O–H groups in total. The number of hydrogen-bond acceptors (Lipinski definition) is 2. The maximum absolute atomic E-state index is 6.16. The van der Waals surface area contributed by atoms with Crippen LogP contribution in [0.5, 0.6) is 0 Å². The van der Waals surface area contributed by atoms with Crippen LogP contribution in [0.15, 0.2) is 49.3 Å². The minimum atomic E-state index is 0.667. The van der Waals surface area contributed by atoms with Crippen molar-refractivity contribution in [3.8, 4) is 0 Å². The van der Waals surface area contributed by atoms with Crippen LogP contribution in [0, 0.1) is 0 Å². The summed E-state index contributed by atoms with van der Waals surface area (Å²) in [6.45, 7) is 9.83. The molecule has 0 heterocycles. The van der Waals surface area contributed by atoms with E-state index in [-0.39, 0.29) is 0 Å². The molecule has 4 heteroatoms. The number of allylic oxidation sites excluding steroid dienone is 3. The van der Waals surface area contributed by atoms with Crippen LogP contribution in [0.1, 0.15) is 32.8 Å². The van der Waals surface area contributed by atoms with Gasteiger partial charge in [-0.3, -0.25) is 5.01 Å². The van der Waals surface area contributed by atoms with Gasteiger partial charge in [-0.1, -0.05) is 51.1 Å². The maximum Gasteiger partial charge on any atom is 0.110 e. The molecular formula is C17H27ClN3+. The summed E-state index contributed by atoms with van der Waals surface area (Å²) in [5.41, 5.74) is 3.09. The Kier molecular flexibility index (Phi) is 10.3. The molecule has 0 unspecified atom stereocenters. The minimum Gasteiger partial charge on any atom is -0.321 e. The third kappa shape index (κ3) is 6.63. The van der Waals surface area contributed by atoms with Gasteiger partial charge in [0.15, 0.2) is 0 Å². The first-order valence-electron chi connectivity index (χ1n) is 7.25. The number of nitrogens with zero attached hydrogens (tertiary/aromatic N) is 1. The molecule has 3 nitrogen and oxygen atoms in total. The lowest BCUT2D eigenvalue weighted by Crippen LogP contribution is -2.72. The molecule has 0 radical (unpaired) electrons. The van der Waals surface area contributed by atoms with Crippen molar-refractivity contribution in [2.24, 2.45) is 5.84 Å². The quantitative estimate of drug-likeness (QED) is 0.478. The summed E-state index contributed by atoms with van der Waals surface area (Å²) >= 11 is 6.16. The Hall–Kier alpha value is -1.55. The molecule has 0 fully saturated rings. The van der Waals surface area contributed by atoms with Gasteiger partial charge in [0.2, 0.25) is 0 Å². The minimum absolute atomic E-state index is 0.667. The highest BCUT2D eigenvalue weighted by molar-refractivity contribution is 6.31. The van der Waals surface area contributed by atoms with Gasteiger partial charge in [0, 0.05) is 5.02 Å². The molecule has 0 spiro atoms. The van der Waals surface area contributed by atoms with Crippen LogP contribution < -0.4 is 16.2 Å². The molecule has 21 heavy (non-hydrogen) atoms. The molecule has 0 atom stereocenters. The average molecular weight is 309 g/mol. The highest BCUT2D eigenvalue weighted by atomic mass is 35.5. The van der Waals surface area contributed by atoms with Crippen LogP contribution in [0.2, 0.25) is 5.02 Å². The number of anilines is 1. The third-order valence-corrected chi connectivity index (χ3v) is 2.91. The van der Waals surface area contributed by atoms with E-state index in [0.29, 0.717) is 5.02 Å². The predicted octanol–water partition coefficient (Wildman–Crippen LogP) is 3.69. The molecule has 0 aliphatic heterocycles. The molecular weight excluding hydrogens is 282 g/mol. The van der Waals surface area contributed by atoms with Gasteiger partial charge in [-0.15, -0.1) is 0 Å². The molecule has 0 aliphatic carbocycles. The van der Waals surface area contributed by atoms with Crippen LogP contribution in [0.4, 0.5) is 5.69 Å². The van der Waals surface area contributed by atoms with Crippen molar-refractivity contribution in [2.75, 3.05) is 12.1 Å². The lowest BCUT2D eigenvalue weighted by molar-refractivity contribution is -0.556. The summed E-state index contributed by atoms with van der Waals surface area (Å²) in [5, 5.41) is 4.14. The van der Waals surface area contributed by atoms with Gasteiger partial charge >= 0.3 is 0 Å². The van der Waals surface area contributed by atoms with Gasteiger partial charge in [0.25, 0.3) is 0 Å². The highest BCUT2D eigenvalue weighted by Crippen LogP contribution is 2.27. The Balaban J connectivity index is 0.00000191. The molecule has 0 aromatic heterocycles. The van der Waals surface area contributed by atoms with Crippen molar-refractivity contribution < 1.29 is 5.32 Å². The number of benzene rings is 1. The largest absolute Gasteiger partial charge is 0.321 e. The van der Waals surface area contributed by atoms with Gasteiger partial charge < -0.3 is 5.32 Å². The molecule has 0 saturated heterocycles. The van der Waals surface area contributed by atoms with Gasteiger partial charge in [-0.25, -0.2) is 5.84 Å². The monoisotopic (exact) mass is 308 g/mol. The van der Waals surface area contributed by atoms with Crippen LogP contribution in [0.25, 0.3) is 5.57 Å². The number of nitrogens with two attached hydrogens (primary N) is 2. The van der Waals surface area contributed by atoms with Crippen molar-refractivity contribution in [3.63, 3.8) is 0 Å². The molecule has 0 saturated carbocycles. The Morgan fingerprint density at radius 2 is 2.05 bits per heavy atom. The second-order valence-corrected chi connectivity index (χ2v) is 4.50. The molecule has 1 aromatic rings. The summed E-state index contributed by atoms with van der Waals surface area (Å²) < 4.78 is 0. The van der Waals surface area contributed by atoms with Crippen LogP contribution in [-0.2, 0) is 0 Å². The first-order valence-corrected chi connectivity index (χ1v) is 7.62. The molecule has 0 bridgehead atoms. The number of hydrogen-bond donors (Lipinski definition) is 2. The number of rotatable bonds is 6. The fourth-order valence-corrected chi connectivity index (χ4v) is 1.96. The Morgan fingerprint density at radius 3 is 2.57 bits per heavy atom. The smallest absolute Gasteiger partial charge is 0.110 e. The lowest BCUT2D eigenvalue weighted by atomic mass is 10.0. The average Bonchev–Trinajstić information content (AvgIpc) is 2.51. The fourth-order valence-electron chi connectivity index (χ4n) is 1.73. The van der Waals surface area contributed by atoms with E-state index in [1.165, 1.54) is 5.57 Å². The zero-order valence-corrected chi connectivity index (χ0v) is 14.2. The number of quaternary nitrogens is 1. The standard InChI is InChI=1S/C15H20ClN3.C2H6/c1-4-6-12(5-2)13-9-14(16)11-15(10-13)19(17)8-7-18-3;1-2/h4,6-11,18H,1,5,17H2,2-3H3;1-2H3/p+1/b8-7-,12-6-;. The van der Waals surface area contributed by atoms with Gasteiger partial charge in [-0.2, -0.15) is 0 Å². The maximum atomic E-state index is 6.16. The Morgan fingerprint density at radius 1 is 1.38 bits per heavy atom. The van der Waals surface area contributed by atoms with E-state index in [1.54, 1.807) is 17.3 Å². The van der Waals surface area contributed by atoms with Crippen LogP contribution in [-0.4, -0.2) is 7.05 Å². The van der Waals surface area contributed by atoms with Gasteiger partial charge in [-0.05, 0) is 35.8 Å². The molecule has 0 amide bonds. The highest BCUT2D eigenvalue weighted by Gasteiger charge is 2.06. The van der Waals surface area contributed by atoms with E-state index in [9.17, 15) is 0 Å². The Labute approximate surface area is 133 Å². The van der Waals surface area contributed by atoms with Gasteiger partial charge in [0.1, 0.15) is 6.20 Å². The topological polar surface area (TPSA) is 45.9 Å². The van der Waals surface area contributed by atoms with E-state index >= 15 is 0 Å². The molecule has 116 valence electrons. The van der Waals surface area contributed by atoms with Crippen molar-refractivity contribution in [2.45, 2.75) is 27.2 Å². The zero-order chi connectivity index (χ0) is 16.3. The van der Waals surface area contributed by atoms with Crippen molar-refractivity contribution in [1.82, 2.24) is 0 Å². The second kappa shape index (κ2) is 11.1. The van der Waals surface area contributed by atoms with E-state index in [2.05, 4.69) is 13.5 Å². The van der Waals surface area contributed by atoms with Crippen LogP contribution >= 0.6 is 11.6 Å². The zero-order valence-electron chi connectivity index (χ0n) is 13.4. The lowest BCUT2D eigenvalue weighted by Gasteiger charge is -2.15. The summed E-state index contributed by atoms with van der Waals surface area (Å²) in [5.74, 6) is 5.96. The van der Waals surface area contributed by atoms with Crippen molar-refractivity contribution in [1.29, 1.82) is 0 Å².